The maximum atomic E-state index is 11.2. The quantitative estimate of drug-likeness (QED) is 0.638. The van der Waals surface area contributed by atoms with Crippen LogP contribution in [0, 0.1) is 10.1 Å². The fourth-order valence-corrected chi connectivity index (χ4v) is 2.48. The normalized spacial score (nSPS) is 20.2. The van der Waals surface area contributed by atoms with Gasteiger partial charge in [-0.25, -0.2) is 4.68 Å². The van der Waals surface area contributed by atoms with E-state index >= 15 is 0 Å². The number of aliphatic hydroxyl groups excluding tert-OH is 1. The van der Waals surface area contributed by atoms with Crippen molar-refractivity contribution >= 4 is 11.5 Å². The van der Waals surface area contributed by atoms with Gasteiger partial charge in [-0.05, 0) is 19.3 Å². The molecule has 0 aliphatic carbocycles. The Kier molecular flexibility index (Phi) is 3.51. The van der Waals surface area contributed by atoms with Crippen LogP contribution in [0.1, 0.15) is 25.5 Å². The largest absolute Gasteiger partial charge is 0.391 e. The average molecular weight is 254 g/mol. The minimum absolute atomic E-state index is 0.0779. The van der Waals surface area contributed by atoms with Crippen molar-refractivity contribution in [2.75, 3.05) is 18.0 Å². The van der Waals surface area contributed by atoms with Crippen LogP contribution >= 0.6 is 0 Å². The molecule has 18 heavy (non-hydrogen) atoms. The van der Waals surface area contributed by atoms with Crippen LogP contribution in [0.15, 0.2) is 0 Å². The molecular weight excluding hydrogens is 236 g/mol. The maximum absolute atomic E-state index is 11.2. The number of nitro groups is 1. The number of nitrogens with zero attached hydrogens (tertiary/aromatic N) is 4. The van der Waals surface area contributed by atoms with E-state index in [-0.39, 0.29) is 10.6 Å². The van der Waals surface area contributed by atoms with Crippen LogP contribution in [0.3, 0.4) is 0 Å². The zero-order valence-electron chi connectivity index (χ0n) is 10.7. The standard InChI is InChI=1S/C11H18N4O3/c1-3-9-10(15(17)18)11(13(2)12-9)14-6-4-5-8(16)7-14/h8,16H,3-7H2,1-2H3. The van der Waals surface area contributed by atoms with Gasteiger partial charge in [-0.3, -0.25) is 10.1 Å². The summed E-state index contributed by atoms with van der Waals surface area (Å²) in [5, 5.41) is 25.1. The predicted molar refractivity (Wildman–Crippen MR) is 66.7 cm³/mol. The van der Waals surface area contributed by atoms with Gasteiger partial charge in [-0.1, -0.05) is 6.92 Å². The predicted octanol–water partition coefficient (Wildman–Crippen LogP) is 0.852. The monoisotopic (exact) mass is 254 g/mol. The molecule has 0 bridgehead atoms. The molecule has 0 spiro atoms. The van der Waals surface area contributed by atoms with Gasteiger partial charge in [-0.2, -0.15) is 5.10 Å². The Morgan fingerprint density at radius 3 is 2.89 bits per heavy atom. The van der Waals surface area contributed by atoms with Gasteiger partial charge >= 0.3 is 5.69 Å². The highest BCUT2D eigenvalue weighted by Gasteiger charge is 2.31. The molecule has 100 valence electrons. The molecule has 1 aromatic rings. The summed E-state index contributed by atoms with van der Waals surface area (Å²) in [6, 6.07) is 0. The van der Waals surface area contributed by atoms with Gasteiger partial charge < -0.3 is 10.0 Å². The molecule has 1 aromatic heterocycles. The van der Waals surface area contributed by atoms with Crippen LogP contribution in [-0.4, -0.2) is 39.0 Å². The summed E-state index contributed by atoms with van der Waals surface area (Å²) in [5.74, 6) is 0.510. The molecule has 1 atom stereocenters. The number of hydrogen-bond acceptors (Lipinski definition) is 5. The molecule has 1 unspecified atom stereocenters. The number of aliphatic hydroxyl groups is 1. The molecule has 1 saturated heterocycles. The van der Waals surface area contributed by atoms with Gasteiger partial charge in [0.25, 0.3) is 0 Å². The van der Waals surface area contributed by atoms with Crippen LogP contribution in [0.25, 0.3) is 0 Å². The highest BCUT2D eigenvalue weighted by atomic mass is 16.6. The highest BCUT2D eigenvalue weighted by Crippen LogP contribution is 2.33. The Hall–Kier alpha value is -1.63. The second-order valence-corrected chi connectivity index (χ2v) is 4.60. The smallest absolute Gasteiger partial charge is 0.334 e. The lowest BCUT2D eigenvalue weighted by Crippen LogP contribution is -2.39. The van der Waals surface area contributed by atoms with Crippen LogP contribution in [0.4, 0.5) is 11.5 Å². The molecular formula is C11H18N4O3. The molecule has 1 N–H and O–H groups in total. The first kappa shape index (κ1) is 12.8. The molecule has 2 heterocycles. The third-order valence-electron chi connectivity index (χ3n) is 3.28. The van der Waals surface area contributed by atoms with Gasteiger partial charge in [0.15, 0.2) is 0 Å². The minimum atomic E-state index is -0.418. The molecule has 2 rings (SSSR count). The van der Waals surface area contributed by atoms with Crippen LogP contribution in [0.2, 0.25) is 0 Å². The molecule has 7 nitrogen and oxygen atoms in total. The zero-order chi connectivity index (χ0) is 13.3. The lowest BCUT2D eigenvalue weighted by Gasteiger charge is -2.30. The fraction of sp³-hybridized carbons (Fsp3) is 0.727. The third kappa shape index (κ3) is 2.17. The summed E-state index contributed by atoms with van der Waals surface area (Å²) in [6.45, 7) is 3.01. The van der Waals surface area contributed by atoms with Crippen molar-refractivity contribution in [3.8, 4) is 0 Å². The number of anilines is 1. The SMILES string of the molecule is CCc1nn(C)c(N2CCCC(O)C2)c1[N+](=O)[O-]. The second-order valence-electron chi connectivity index (χ2n) is 4.60. The summed E-state index contributed by atoms with van der Waals surface area (Å²) in [6.07, 6.45) is 1.70. The lowest BCUT2D eigenvalue weighted by molar-refractivity contribution is -0.384. The van der Waals surface area contributed by atoms with Gasteiger partial charge in [0.2, 0.25) is 5.82 Å². The number of hydrogen-bond donors (Lipinski definition) is 1. The highest BCUT2D eigenvalue weighted by molar-refractivity contribution is 5.61. The van der Waals surface area contributed by atoms with E-state index in [1.165, 1.54) is 0 Å². The Morgan fingerprint density at radius 1 is 1.61 bits per heavy atom. The lowest BCUT2D eigenvalue weighted by atomic mass is 10.1. The summed E-state index contributed by atoms with van der Waals surface area (Å²) in [4.78, 5) is 12.7. The first-order chi connectivity index (χ1) is 8.54. The third-order valence-corrected chi connectivity index (χ3v) is 3.28. The molecule has 0 radical (unpaired) electrons. The Bertz CT molecular complexity index is 457. The van der Waals surface area contributed by atoms with E-state index in [1.807, 2.05) is 11.8 Å². The zero-order valence-corrected chi connectivity index (χ0v) is 10.7. The molecule has 1 aliphatic heterocycles. The number of β-amino-alcohol motifs (C(OH)–C–C–N with tert-alkyl or cyclic N) is 1. The van der Waals surface area contributed by atoms with Crippen LogP contribution < -0.4 is 4.90 Å². The van der Waals surface area contributed by atoms with Crippen molar-refractivity contribution < 1.29 is 10.0 Å². The average Bonchev–Trinajstić information content (AvgIpc) is 2.66. The maximum Gasteiger partial charge on any atom is 0.334 e. The number of aromatic nitrogens is 2. The van der Waals surface area contributed by atoms with Crippen LogP contribution in [-0.2, 0) is 13.5 Å². The van der Waals surface area contributed by atoms with E-state index in [4.69, 9.17) is 0 Å². The molecule has 0 saturated carbocycles. The first-order valence-electron chi connectivity index (χ1n) is 6.17. The van der Waals surface area contributed by atoms with E-state index in [0.29, 0.717) is 24.5 Å². The van der Waals surface area contributed by atoms with E-state index in [0.717, 1.165) is 19.4 Å². The summed E-state index contributed by atoms with van der Waals surface area (Å²) < 4.78 is 1.55. The first-order valence-corrected chi connectivity index (χ1v) is 6.17. The van der Waals surface area contributed by atoms with E-state index in [1.54, 1.807) is 11.7 Å². The van der Waals surface area contributed by atoms with Crippen molar-refractivity contribution in [1.82, 2.24) is 9.78 Å². The Balaban J connectivity index is 2.42. The summed E-state index contributed by atoms with van der Waals surface area (Å²) in [7, 11) is 1.71. The van der Waals surface area contributed by atoms with Crippen molar-refractivity contribution in [2.45, 2.75) is 32.3 Å². The van der Waals surface area contributed by atoms with Gasteiger partial charge in [-0.15, -0.1) is 0 Å². The topological polar surface area (TPSA) is 84.4 Å². The molecule has 0 aromatic carbocycles. The second kappa shape index (κ2) is 4.93. The fourth-order valence-electron chi connectivity index (χ4n) is 2.48. The van der Waals surface area contributed by atoms with Gasteiger partial charge in [0.1, 0.15) is 5.69 Å². The van der Waals surface area contributed by atoms with E-state index < -0.39 is 6.10 Å². The van der Waals surface area contributed by atoms with Crippen LogP contribution in [0.5, 0.6) is 0 Å². The Morgan fingerprint density at radius 2 is 2.33 bits per heavy atom. The van der Waals surface area contributed by atoms with Crippen molar-refractivity contribution in [3.05, 3.63) is 15.8 Å². The summed E-state index contributed by atoms with van der Waals surface area (Å²) in [5.41, 5.74) is 0.576. The molecule has 7 heteroatoms. The van der Waals surface area contributed by atoms with Gasteiger partial charge in [0.05, 0.1) is 11.0 Å². The molecule has 0 amide bonds. The number of aryl methyl sites for hydroxylation is 2. The molecule has 1 aliphatic rings. The summed E-state index contributed by atoms with van der Waals surface area (Å²) >= 11 is 0. The van der Waals surface area contributed by atoms with Crippen molar-refractivity contribution in [2.24, 2.45) is 7.05 Å². The number of rotatable bonds is 3. The Labute approximate surface area is 105 Å². The number of piperidine rings is 1. The molecule has 1 fully saturated rings. The van der Waals surface area contributed by atoms with Crippen molar-refractivity contribution in [3.63, 3.8) is 0 Å². The van der Waals surface area contributed by atoms with E-state index in [2.05, 4.69) is 5.10 Å². The van der Waals surface area contributed by atoms with Gasteiger partial charge in [0, 0.05) is 20.1 Å². The minimum Gasteiger partial charge on any atom is -0.391 e. The van der Waals surface area contributed by atoms with Crippen molar-refractivity contribution in [1.29, 1.82) is 0 Å². The van der Waals surface area contributed by atoms with E-state index in [9.17, 15) is 15.2 Å².